The zero-order valence-electron chi connectivity index (χ0n) is 31.7. The van der Waals surface area contributed by atoms with Crippen LogP contribution >= 0.6 is 0 Å². The molecule has 4 heterocycles. The van der Waals surface area contributed by atoms with Crippen molar-refractivity contribution in [1.29, 1.82) is 0 Å². The Morgan fingerprint density at radius 1 is 0.393 bits per heavy atom. The number of β-amino-alcohol motifs (C(OH)–C–C–N with tert-alkyl or cyclic N) is 4. The van der Waals surface area contributed by atoms with Gasteiger partial charge in [0.25, 0.3) is 0 Å². The van der Waals surface area contributed by atoms with Gasteiger partial charge in [-0.15, -0.1) is 0 Å². The van der Waals surface area contributed by atoms with Crippen molar-refractivity contribution in [2.75, 3.05) is 54.6 Å². The van der Waals surface area contributed by atoms with Crippen molar-refractivity contribution in [1.82, 2.24) is 19.6 Å². The number of halogens is 4. The van der Waals surface area contributed by atoms with E-state index in [1.54, 1.807) is 0 Å². The molecule has 24 heteroatoms. The van der Waals surface area contributed by atoms with Crippen molar-refractivity contribution >= 4 is 47.5 Å². The smallest absolute Gasteiger partial charge is 0.331 e. The lowest BCUT2D eigenvalue weighted by atomic mass is 10.1. The molecule has 320 valence electrons. The van der Waals surface area contributed by atoms with Crippen molar-refractivity contribution in [2.24, 2.45) is 0 Å². The molecule has 0 bridgehead atoms. The first-order valence-corrected chi connectivity index (χ1v) is 16.6. The highest BCUT2D eigenvalue weighted by molar-refractivity contribution is 5.87. The summed E-state index contributed by atoms with van der Waals surface area (Å²) in [6, 6.07) is -5.25. The van der Waals surface area contributed by atoms with Gasteiger partial charge in [0.15, 0.2) is 48.9 Å². The summed E-state index contributed by atoms with van der Waals surface area (Å²) < 4.78 is 70.5. The Labute approximate surface area is 318 Å². The highest BCUT2D eigenvalue weighted by Crippen LogP contribution is 2.25. The van der Waals surface area contributed by atoms with Crippen LogP contribution in [0.25, 0.3) is 0 Å². The number of hydrogen-bond donors (Lipinski definition) is 4. The summed E-state index contributed by atoms with van der Waals surface area (Å²) in [5.41, 5.74) is 0. The number of nitrogens with zero attached hydrogens (tertiary/aromatic N) is 4. The minimum absolute atomic E-state index is 0.170. The number of ether oxygens (including phenoxy) is 4. The molecule has 0 aromatic carbocycles. The summed E-state index contributed by atoms with van der Waals surface area (Å²) in [6.45, 7) is 4.15. The molecule has 4 fully saturated rings. The number of aliphatic hydroxyl groups is 4. The topological polar surface area (TPSA) is 267 Å². The van der Waals surface area contributed by atoms with Crippen molar-refractivity contribution in [2.45, 2.75) is 101 Å². The fraction of sp³-hybridized carbons (Fsp3) is 0.750. The van der Waals surface area contributed by atoms with Crippen molar-refractivity contribution < 1.29 is 95.3 Å². The standard InChI is InChI=1S/4C8H12FNO4/c4*1-4(11)10-3-5(12)6(9)7(10)8(13)14-2/h4*5-7,12H,3H2,1-2H3/t5-,6+,7+;5-,6+,7-;5-,6-,7+;5-,6-,7-/m1010/s1. The van der Waals surface area contributed by atoms with Crippen LogP contribution in [0.1, 0.15) is 27.7 Å². The molecule has 4 rings (SSSR count). The molecular weight excluding hydrogens is 772 g/mol. The highest BCUT2D eigenvalue weighted by atomic mass is 19.1. The van der Waals surface area contributed by atoms with Crippen LogP contribution in [-0.2, 0) is 57.3 Å². The zero-order valence-corrected chi connectivity index (χ0v) is 31.7. The maximum absolute atomic E-state index is 13.3. The van der Waals surface area contributed by atoms with Crippen molar-refractivity contribution in [3.05, 3.63) is 0 Å². The number of methoxy groups -OCH3 is 4. The number of esters is 4. The molecule has 56 heavy (non-hydrogen) atoms. The van der Waals surface area contributed by atoms with Crippen molar-refractivity contribution in [3.8, 4) is 0 Å². The number of amides is 4. The molecule has 0 aliphatic carbocycles. The normalized spacial score (nSPS) is 31.7. The minimum atomic E-state index is -1.77. The predicted molar refractivity (Wildman–Crippen MR) is 176 cm³/mol. The first-order valence-electron chi connectivity index (χ1n) is 16.6. The SMILES string of the molecule is COC(=O)[C@@H]1[C@@H](F)[C@@H](O)CN1C(C)=O.COC(=O)[C@@H]1[C@@H](F)[C@H](O)CN1C(C)=O.COC(=O)[C@@H]1[C@H](F)[C@@H](O)CN1C(C)=O.COC(=O)[C@@H]1[C@H](F)[C@H](O)CN1C(C)=O. The maximum atomic E-state index is 13.3. The van der Waals surface area contributed by atoms with Crippen LogP contribution in [0.2, 0.25) is 0 Å². The predicted octanol–water partition coefficient (Wildman–Crippen LogP) is -3.64. The number of rotatable bonds is 4. The molecule has 4 amide bonds. The van der Waals surface area contributed by atoms with Crippen LogP contribution < -0.4 is 0 Å². The fourth-order valence-corrected chi connectivity index (χ4v) is 6.00. The second kappa shape index (κ2) is 21.6. The number of likely N-dealkylation sites (tertiary alicyclic amines) is 4. The van der Waals surface area contributed by atoms with Gasteiger partial charge >= 0.3 is 23.9 Å². The maximum Gasteiger partial charge on any atom is 0.331 e. The van der Waals surface area contributed by atoms with Gasteiger partial charge in [-0.3, -0.25) is 19.2 Å². The van der Waals surface area contributed by atoms with E-state index in [-0.39, 0.29) is 26.2 Å². The van der Waals surface area contributed by atoms with Gasteiger partial charge in [0, 0.05) is 27.7 Å². The Morgan fingerprint density at radius 3 is 0.643 bits per heavy atom. The number of hydrogen-bond acceptors (Lipinski definition) is 16. The van der Waals surface area contributed by atoms with Crippen LogP contribution in [0, 0.1) is 0 Å². The molecule has 12 atom stereocenters. The van der Waals surface area contributed by atoms with Crippen molar-refractivity contribution in [3.63, 3.8) is 0 Å². The largest absolute Gasteiger partial charge is 0.467 e. The van der Waals surface area contributed by atoms with Crippen LogP contribution in [0.4, 0.5) is 17.6 Å². The lowest BCUT2D eigenvalue weighted by Crippen LogP contribution is -2.43. The monoisotopic (exact) mass is 820 g/mol. The molecule has 4 N–H and O–H groups in total. The molecule has 0 spiro atoms. The van der Waals surface area contributed by atoms with Gasteiger partial charge in [-0.05, 0) is 0 Å². The van der Waals surface area contributed by atoms with Gasteiger partial charge in [-0.25, -0.2) is 36.7 Å². The van der Waals surface area contributed by atoms with E-state index in [0.717, 1.165) is 48.0 Å². The highest BCUT2D eigenvalue weighted by Gasteiger charge is 2.50. The van der Waals surface area contributed by atoms with E-state index in [1.165, 1.54) is 27.7 Å². The lowest BCUT2D eigenvalue weighted by Gasteiger charge is -2.20. The van der Waals surface area contributed by atoms with E-state index in [1.807, 2.05) is 0 Å². The first-order chi connectivity index (χ1) is 25.9. The minimum Gasteiger partial charge on any atom is -0.467 e. The van der Waals surface area contributed by atoms with E-state index in [4.69, 9.17) is 20.4 Å². The molecule has 0 saturated carbocycles. The van der Waals surface area contributed by atoms with Gasteiger partial charge in [0.1, 0.15) is 24.4 Å². The summed E-state index contributed by atoms with van der Waals surface area (Å²) in [4.78, 5) is 92.4. The van der Waals surface area contributed by atoms with Gasteiger partial charge < -0.3 is 59.0 Å². The van der Waals surface area contributed by atoms with E-state index in [9.17, 15) is 55.9 Å². The average Bonchev–Trinajstić information content (AvgIpc) is 3.84. The zero-order chi connectivity index (χ0) is 43.5. The second-order valence-corrected chi connectivity index (χ2v) is 12.6. The number of carbonyl (C=O) groups is 8. The Bertz CT molecular complexity index is 1240. The van der Waals surface area contributed by atoms with Gasteiger partial charge in [0.05, 0.1) is 54.6 Å². The van der Waals surface area contributed by atoms with Gasteiger partial charge in [-0.2, -0.15) is 0 Å². The third-order valence-electron chi connectivity index (χ3n) is 8.94. The average molecular weight is 821 g/mol. The Balaban J connectivity index is 0.000000373. The summed E-state index contributed by atoms with van der Waals surface area (Å²) in [7, 11) is 4.44. The van der Waals surface area contributed by atoms with E-state index >= 15 is 0 Å². The van der Waals surface area contributed by atoms with Gasteiger partial charge in [0.2, 0.25) is 23.6 Å². The van der Waals surface area contributed by atoms with E-state index < -0.39 is 121 Å². The summed E-state index contributed by atoms with van der Waals surface area (Å²) in [5.74, 6) is -5.21. The molecule has 20 nitrogen and oxygen atoms in total. The molecular formula is C32H48F4N4O16. The Morgan fingerprint density at radius 2 is 0.536 bits per heavy atom. The molecule has 0 radical (unpaired) electrons. The Hall–Kier alpha value is -4.68. The first kappa shape index (κ1) is 49.3. The number of carbonyl (C=O) groups excluding carboxylic acids is 8. The van der Waals surface area contributed by atoms with Crippen LogP contribution in [-0.4, -0.2) is 215 Å². The fourth-order valence-electron chi connectivity index (χ4n) is 6.00. The van der Waals surface area contributed by atoms with Crippen LogP contribution in [0.5, 0.6) is 0 Å². The Kier molecular flexibility index (Phi) is 19.0. The third kappa shape index (κ3) is 11.7. The summed E-state index contributed by atoms with van der Waals surface area (Å²) >= 11 is 0. The molecule has 0 unspecified atom stereocenters. The third-order valence-corrected chi connectivity index (χ3v) is 8.94. The van der Waals surface area contributed by atoms with Crippen LogP contribution in [0.3, 0.4) is 0 Å². The van der Waals surface area contributed by atoms with Crippen LogP contribution in [0.15, 0.2) is 0 Å². The molecule has 4 aliphatic rings. The second-order valence-electron chi connectivity index (χ2n) is 12.6. The summed E-state index contributed by atoms with van der Waals surface area (Å²) in [6.07, 6.45) is -12.4. The molecule has 4 aliphatic heterocycles. The lowest BCUT2D eigenvalue weighted by molar-refractivity contribution is -0.152. The summed E-state index contributed by atoms with van der Waals surface area (Å²) in [5, 5.41) is 36.6. The molecule has 4 saturated heterocycles. The quantitative estimate of drug-likeness (QED) is 0.121. The molecule has 0 aromatic rings. The van der Waals surface area contributed by atoms with E-state index in [2.05, 4.69) is 18.9 Å². The van der Waals surface area contributed by atoms with Gasteiger partial charge in [-0.1, -0.05) is 0 Å². The number of alkyl halides is 4. The number of aliphatic hydroxyl groups excluding tert-OH is 4. The van der Waals surface area contributed by atoms with E-state index in [0.29, 0.717) is 0 Å². The molecule has 0 aromatic heterocycles.